The van der Waals surface area contributed by atoms with Crippen LogP contribution in [0.3, 0.4) is 0 Å². The van der Waals surface area contributed by atoms with Crippen LogP contribution in [0.25, 0.3) is 0 Å². The van der Waals surface area contributed by atoms with Crippen molar-refractivity contribution >= 4 is 23.1 Å². The molecule has 0 aromatic carbocycles. The number of amides is 1. The van der Waals surface area contributed by atoms with Gasteiger partial charge in [-0.05, 0) is 36.5 Å². The summed E-state index contributed by atoms with van der Waals surface area (Å²) in [6, 6.07) is 3.71. The van der Waals surface area contributed by atoms with Gasteiger partial charge in [0.05, 0.1) is 17.6 Å². The van der Waals surface area contributed by atoms with Gasteiger partial charge < -0.3 is 5.32 Å². The van der Waals surface area contributed by atoms with E-state index in [1.165, 1.54) is 6.20 Å². The van der Waals surface area contributed by atoms with E-state index in [9.17, 15) is 4.79 Å². The van der Waals surface area contributed by atoms with Crippen LogP contribution < -0.4 is 5.32 Å². The predicted octanol–water partition coefficient (Wildman–Crippen LogP) is 2.06. The Morgan fingerprint density at radius 2 is 2.35 bits per heavy atom. The molecule has 1 aliphatic rings. The van der Waals surface area contributed by atoms with Gasteiger partial charge in [-0.25, -0.2) is 0 Å². The van der Waals surface area contributed by atoms with Gasteiger partial charge in [0, 0.05) is 12.1 Å². The Bertz CT molecular complexity index is 536. The number of nitrogens with zero attached hydrogens (tertiary/aromatic N) is 3. The van der Waals surface area contributed by atoms with E-state index < -0.39 is 0 Å². The summed E-state index contributed by atoms with van der Waals surface area (Å²) in [4.78, 5) is 16.7. The highest BCUT2D eigenvalue weighted by Gasteiger charge is 2.28. The monoisotopic (exact) mass is 246 g/mol. The first-order valence-electron chi connectivity index (χ1n) is 5.38. The number of anilines is 1. The van der Waals surface area contributed by atoms with Gasteiger partial charge in [-0.15, -0.1) is 5.10 Å². The van der Waals surface area contributed by atoms with E-state index in [0.717, 1.165) is 35.8 Å². The molecule has 0 spiro atoms. The number of carbonyl (C=O) groups excluding carboxylic acids is 1. The minimum atomic E-state index is -0.171. The van der Waals surface area contributed by atoms with Crippen molar-refractivity contribution in [2.24, 2.45) is 0 Å². The van der Waals surface area contributed by atoms with Crippen molar-refractivity contribution < 1.29 is 4.79 Å². The number of nitrogens with one attached hydrogen (secondary N) is 1. The van der Waals surface area contributed by atoms with Gasteiger partial charge in [0.1, 0.15) is 4.88 Å². The topological polar surface area (TPSA) is 67.8 Å². The zero-order chi connectivity index (χ0) is 11.7. The summed E-state index contributed by atoms with van der Waals surface area (Å²) in [6.45, 7) is 0. The molecule has 2 aromatic rings. The second-order valence-electron chi connectivity index (χ2n) is 3.95. The molecule has 5 nitrogen and oxygen atoms in total. The lowest BCUT2D eigenvalue weighted by Crippen LogP contribution is -2.12. The molecule has 2 heterocycles. The summed E-state index contributed by atoms with van der Waals surface area (Å²) >= 11 is 1.09. The predicted molar refractivity (Wildman–Crippen MR) is 64.1 cm³/mol. The molecule has 86 valence electrons. The molecule has 0 bridgehead atoms. The van der Waals surface area contributed by atoms with Crippen molar-refractivity contribution in [3.63, 3.8) is 0 Å². The number of carbonyl (C=O) groups is 1. The Morgan fingerprint density at radius 3 is 3.06 bits per heavy atom. The minimum absolute atomic E-state index is 0.171. The van der Waals surface area contributed by atoms with Crippen LogP contribution >= 0.6 is 11.5 Å². The maximum absolute atomic E-state index is 11.9. The van der Waals surface area contributed by atoms with Crippen molar-refractivity contribution in [2.75, 3.05) is 5.32 Å². The Balaban J connectivity index is 1.83. The lowest BCUT2D eigenvalue weighted by atomic mass is 10.2. The molecule has 1 amide bonds. The van der Waals surface area contributed by atoms with E-state index in [0.29, 0.717) is 10.8 Å². The first kappa shape index (κ1) is 10.3. The third-order valence-electron chi connectivity index (χ3n) is 2.64. The summed E-state index contributed by atoms with van der Waals surface area (Å²) in [5.74, 6) is 0.334. The van der Waals surface area contributed by atoms with Crippen LogP contribution in [0.5, 0.6) is 0 Å². The van der Waals surface area contributed by atoms with Crippen molar-refractivity contribution in [3.8, 4) is 0 Å². The van der Waals surface area contributed by atoms with Crippen molar-refractivity contribution in [2.45, 2.75) is 18.8 Å². The Morgan fingerprint density at radius 1 is 1.47 bits per heavy atom. The van der Waals surface area contributed by atoms with Crippen LogP contribution in [0.2, 0.25) is 0 Å². The van der Waals surface area contributed by atoms with Gasteiger partial charge in [-0.1, -0.05) is 4.49 Å². The summed E-state index contributed by atoms with van der Waals surface area (Å²) in [5.41, 5.74) is 1.78. The molecule has 1 saturated carbocycles. The van der Waals surface area contributed by atoms with E-state index in [2.05, 4.69) is 19.9 Å². The average Bonchev–Trinajstić information content (AvgIpc) is 3.04. The summed E-state index contributed by atoms with van der Waals surface area (Å²) in [7, 11) is 0. The maximum Gasteiger partial charge on any atom is 0.269 e. The van der Waals surface area contributed by atoms with Gasteiger partial charge in [-0.2, -0.15) is 0 Å². The largest absolute Gasteiger partial charge is 0.320 e. The average molecular weight is 246 g/mol. The van der Waals surface area contributed by atoms with Crippen LogP contribution in [0.1, 0.15) is 34.1 Å². The summed E-state index contributed by atoms with van der Waals surface area (Å²) in [6.07, 6.45) is 5.54. The Labute approximate surface area is 102 Å². The molecule has 0 saturated heterocycles. The van der Waals surface area contributed by atoms with E-state index >= 15 is 0 Å². The Kier molecular flexibility index (Phi) is 2.56. The lowest BCUT2D eigenvalue weighted by molar-refractivity contribution is 0.103. The molecular weight excluding hydrogens is 236 g/mol. The fourth-order valence-corrected chi connectivity index (χ4v) is 2.07. The third-order valence-corrected chi connectivity index (χ3v) is 3.30. The molecule has 0 aliphatic heterocycles. The van der Waals surface area contributed by atoms with Crippen LogP contribution in [0, 0.1) is 0 Å². The number of pyridine rings is 1. The molecule has 0 radical (unpaired) electrons. The molecule has 1 N–H and O–H groups in total. The Hall–Kier alpha value is -1.82. The first-order chi connectivity index (χ1) is 8.34. The molecule has 1 aliphatic carbocycles. The highest BCUT2D eigenvalue weighted by Crippen LogP contribution is 2.42. The van der Waals surface area contributed by atoms with Crippen molar-refractivity contribution in [1.82, 2.24) is 14.6 Å². The van der Waals surface area contributed by atoms with Gasteiger partial charge >= 0.3 is 0 Å². The molecule has 17 heavy (non-hydrogen) atoms. The van der Waals surface area contributed by atoms with Crippen molar-refractivity contribution in [1.29, 1.82) is 0 Å². The normalized spacial score (nSPS) is 14.6. The molecule has 0 unspecified atom stereocenters. The van der Waals surface area contributed by atoms with Gasteiger partial charge in [0.25, 0.3) is 5.91 Å². The number of aromatic nitrogens is 3. The lowest BCUT2D eigenvalue weighted by Gasteiger charge is -2.07. The van der Waals surface area contributed by atoms with Crippen LogP contribution in [-0.2, 0) is 0 Å². The number of rotatable bonds is 3. The highest BCUT2D eigenvalue weighted by molar-refractivity contribution is 7.07. The summed E-state index contributed by atoms with van der Waals surface area (Å²) < 4.78 is 3.67. The van der Waals surface area contributed by atoms with Crippen molar-refractivity contribution in [3.05, 3.63) is 35.1 Å². The second kappa shape index (κ2) is 4.21. The standard InChI is InChI=1S/C11H10N4OS/c16-11(9-6-13-15-17-9)14-8-2-1-5-12-10(8)7-3-4-7/h1-2,5-7H,3-4H2,(H,14,16). The fraction of sp³-hybridized carbons (Fsp3) is 0.273. The smallest absolute Gasteiger partial charge is 0.269 e. The highest BCUT2D eigenvalue weighted by atomic mass is 32.1. The molecule has 3 rings (SSSR count). The fourth-order valence-electron chi connectivity index (χ4n) is 1.66. The van der Waals surface area contributed by atoms with E-state index in [1.54, 1.807) is 6.20 Å². The summed E-state index contributed by atoms with van der Waals surface area (Å²) in [5, 5.41) is 6.51. The minimum Gasteiger partial charge on any atom is -0.320 e. The number of hydrogen-bond donors (Lipinski definition) is 1. The third kappa shape index (κ3) is 2.16. The molecular formula is C11H10N4OS. The van der Waals surface area contributed by atoms with E-state index in [4.69, 9.17) is 0 Å². The number of hydrogen-bond acceptors (Lipinski definition) is 5. The van der Waals surface area contributed by atoms with Gasteiger partial charge in [0.2, 0.25) is 0 Å². The molecule has 1 fully saturated rings. The second-order valence-corrected chi connectivity index (χ2v) is 4.73. The molecule has 0 atom stereocenters. The van der Waals surface area contributed by atoms with E-state index in [-0.39, 0.29) is 5.91 Å². The first-order valence-corrected chi connectivity index (χ1v) is 6.15. The zero-order valence-corrected chi connectivity index (χ0v) is 9.78. The molecule has 6 heteroatoms. The van der Waals surface area contributed by atoms with Gasteiger partial charge in [-0.3, -0.25) is 9.78 Å². The van der Waals surface area contributed by atoms with Gasteiger partial charge in [0.15, 0.2) is 0 Å². The zero-order valence-electron chi connectivity index (χ0n) is 8.96. The maximum atomic E-state index is 11.9. The SMILES string of the molecule is O=C(Nc1cccnc1C1CC1)c1cnns1. The van der Waals surface area contributed by atoms with E-state index in [1.807, 2.05) is 12.1 Å². The van der Waals surface area contributed by atoms with Crippen LogP contribution in [0.4, 0.5) is 5.69 Å². The van der Waals surface area contributed by atoms with Crippen LogP contribution in [0.15, 0.2) is 24.5 Å². The van der Waals surface area contributed by atoms with Crippen LogP contribution in [-0.4, -0.2) is 20.5 Å². The molecule has 2 aromatic heterocycles. The quantitative estimate of drug-likeness (QED) is 0.900.